The Bertz CT molecular complexity index is 3850. The molecule has 0 fully saturated rings. The highest BCUT2D eigenvalue weighted by Gasteiger charge is 2.51. The molecule has 2 nitrogen and oxygen atoms in total. The molecular weight excluding hydrogens is 821 g/mol. The number of nitrogens with zero attached hydrogens (tertiary/aromatic N) is 2. The van der Waals surface area contributed by atoms with E-state index in [-0.39, 0.29) is 0 Å². The van der Waals surface area contributed by atoms with E-state index in [0.29, 0.717) is 0 Å². The molecule has 14 rings (SSSR count). The van der Waals surface area contributed by atoms with Crippen molar-refractivity contribution in [2.24, 2.45) is 0 Å². The van der Waals surface area contributed by atoms with Crippen LogP contribution in [0.2, 0.25) is 0 Å². The summed E-state index contributed by atoms with van der Waals surface area (Å²) in [7, 11) is 0. The van der Waals surface area contributed by atoms with E-state index < -0.39 is 5.41 Å². The zero-order valence-electron chi connectivity index (χ0n) is 37.1. The van der Waals surface area contributed by atoms with Crippen molar-refractivity contribution in [2.75, 3.05) is 4.90 Å². The SMILES string of the molecule is c1ccc(N2c3ccccc3C3(c4ccccc4-c4cc(-c5ccc(-c6c7ccccc7c(-c7ccc(-c8cccc9ccccc89)cc7)c7ccccc67)nc5)ccc43)c3ccccc32)cc1. The number of aromatic nitrogens is 1. The number of hydrogen-bond acceptors (Lipinski definition) is 2. The zero-order chi connectivity index (χ0) is 44.8. The van der Waals surface area contributed by atoms with Crippen LogP contribution < -0.4 is 4.90 Å². The molecule has 0 N–H and O–H groups in total. The summed E-state index contributed by atoms with van der Waals surface area (Å²) in [6.45, 7) is 0. The first kappa shape index (κ1) is 38.4. The van der Waals surface area contributed by atoms with Gasteiger partial charge >= 0.3 is 0 Å². The first-order valence-corrected chi connectivity index (χ1v) is 23.5. The molecule has 0 radical (unpaired) electrons. The van der Waals surface area contributed by atoms with Crippen molar-refractivity contribution in [1.29, 1.82) is 0 Å². The van der Waals surface area contributed by atoms with Gasteiger partial charge in [0.05, 0.1) is 22.5 Å². The monoisotopic (exact) mass is 862 g/mol. The second-order valence-electron chi connectivity index (χ2n) is 18.1. The van der Waals surface area contributed by atoms with Gasteiger partial charge in [0.1, 0.15) is 0 Å². The second kappa shape index (κ2) is 15.1. The van der Waals surface area contributed by atoms with Crippen LogP contribution in [0.3, 0.4) is 0 Å². The molecule has 1 spiro atoms. The van der Waals surface area contributed by atoms with Gasteiger partial charge in [0.2, 0.25) is 0 Å². The number of benzene rings is 11. The van der Waals surface area contributed by atoms with E-state index in [0.717, 1.165) is 28.1 Å². The molecule has 316 valence electrons. The quantitative estimate of drug-likeness (QED) is 0.160. The summed E-state index contributed by atoms with van der Waals surface area (Å²) >= 11 is 0. The predicted octanol–water partition coefficient (Wildman–Crippen LogP) is 17.4. The largest absolute Gasteiger partial charge is 0.310 e. The summed E-state index contributed by atoms with van der Waals surface area (Å²) in [6.07, 6.45) is 2.07. The summed E-state index contributed by atoms with van der Waals surface area (Å²) in [6, 6.07) is 91.4. The van der Waals surface area contributed by atoms with Gasteiger partial charge in [-0.3, -0.25) is 4.98 Å². The Hall–Kier alpha value is -8.85. The summed E-state index contributed by atoms with van der Waals surface area (Å²) < 4.78 is 0. The lowest BCUT2D eigenvalue weighted by Gasteiger charge is -2.45. The van der Waals surface area contributed by atoms with Crippen molar-refractivity contribution >= 4 is 49.4 Å². The lowest BCUT2D eigenvalue weighted by Crippen LogP contribution is -2.36. The van der Waals surface area contributed by atoms with Gasteiger partial charge in [-0.2, -0.15) is 0 Å². The lowest BCUT2D eigenvalue weighted by atomic mass is 9.64. The fourth-order valence-electron chi connectivity index (χ4n) is 11.9. The zero-order valence-corrected chi connectivity index (χ0v) is 37.1. The molecule has 0 saturated heterocycles. The predicted molar refractivity (Wildman–Crippen MR) is 284 cm³/mol. The Morgan fingerprint density at radius 2 is 0.809 bits per heavy atom. The van der Waals surface area contributed by atoms with Crippen LogP contribution in [0.4, 0.5) is 17.1 Å². The van der Waals surface area contributed by atoms with Crippen LogP contribution in [-0.2, 0) is 5.41 Å². The van der Waals surface area contributed by atoms with E-state index in [4.69, 9.17) is 4.98 Å². The van der Waals surface area contributed by atoms with E-state index in [1.165, 1.54) is 99.3 Å². The van der Waals surface area contributed by atoms with Crippen LogP contribution in [0.5, 0.6) is 0 Å². The summed E-state index contributed by atoms with van der Waals surface area (Å²) in [5, 5.41) is 7.34. The molecule has 0 amide bonds. The molecular formula is C66H42N2. The standard InChI is InChI=1S/C66H42N2/c1-2-19-48(20-3-1)68-62-31-14-12-29-59(62)66(60-30-13-15-32-63(60)68)57-28-11-10-22-51(57)56-41-46(37-39-58(56)66)47-38-40-61(67-42-47)65-54-25-8-6-23-52(54)64(53-24-7-9-26-55(53)65)45-35-33-44(34-36-45)50-27-16-18-43-17-4-5-21-49(43)50/h1-42H. The highest BCUT2D eigenvalue weighted by molar-refractivity contribution is 6.21. The van der Waals surface area contributed by atoms with Crippen molar-refractivity contribution in [2.45, 2.75) is 5.41 Å². The van der Waals surface area contributed by atoms with E-state index in [9.17, 15) is 0 Å². The maximum Gasteiger partial charge on any atom is 0.0754 e. The van der Waals surface area contributed by atoms with Gasteiger partial charge in [0.15, 0.2) is 0 Å². The minimum absolute atomic E-state index is 0.488. The second-order valence-corrected chi connectivity index (χ2v) is 18.1. The van der Waals surface area contributed by atoms with Gasteiger partial charge in [-0.05, 0) is 130 Å². The highest BCUT2D eigenvalue weighted by Crippen LogP contribution is 2.63. The molecule has 1 aromatic heterocycles. The fourth-order valence-corrected chi connectivity index (χ4v) is 11.9. The molecule has 68 heavy (non-hydrogen) atoms. The normalized spacial score (nSPS) is 13.1. The van der Waals surface area contributed by atoms with Gasteiger partial charge in [-0.1, -0.05) is 212 Å². The number of anilines is 3. The summed E-state index contributed by atoms with van der Waals surface area (Å²) in [4.78, 5) is 7.74. The van der Waals surface area contributed by atoms with Crippen molar-refractivity contribution in [3.63, 3.8) is 0 Å². The molecule has 0 bridgehead atoms. The Morgan fingerprint density at radius 1 is 0.309 bits per heavy atom. The van der Waals surface area contributed by atoms with Crippen molar-refractivity contribution < 1.29 is 0 Å². The van der Waals surface area contributed by atoms with E-state index in [1.54, 1.807) is 0 Å². The average Bonchev–Trinajstić information content (AvgIpc) is 3.70. The fraction of sp³-hybridized carbons (Fsp3) is 0.0152. The van der Waals surface area contributed by atoms with Gasteiger partial charge in [-0.25, -0.2) is 0 Å². The van der Waals surface area contributed by atoms with Crippen LogP contribution in [0, 0.1) is 0 Å². The molecule has 2 heterocycles. The van der Waals surface area contributed by atoms with Crippen LogP contribution >= 0.6 is 0 Å². The Morgan fingerprint density at radius 3 is 1.49 bits per heavy atom. The van der Waals surface area contributed by atoms with Crippen LogP contribution in [0.15, 0.2) is 255 Å². The number of rotatable bonds is 5. The maximum absolute atomic E-state index is 5.31. The molecule has 1 aliphatic carbocycles. The highest BCUT2D eigenvalue weighted by atomic mass is 15.2. The van der Waals surface area contributed by atoms with Gasteiger partial charge in [0.25, 0.3) is 0 Å². The Balaban J connectivity index is 0.878. The maximum atomic E-state index is 5.31. The molecule has 12 aromatic rings. The molecule has 0 atom stereocenters. The number of hydrogen-bond donors (Lipinski definition) is 0. The number of para-hydroxylation sites is 3. The molecule has 2 heteroatoms. The first-order valence-electron chi connectivity index (χ1n) is 23.5. The molecule has 0 unspecified atom stereocenters. The minimum Gasteiger partial charge on any atom is -0.310 e. The first-order chi connectivity index (χ1) is 33.8. The number of pyridine rings is 1. The van der Waals surface area contributed by atoms with Crippen LogP contribution in [-0.4, -0.2) is 4.98 Å². The third-order valence-electron chi connectivity index (χ3n) is 14.7. The van der Waals surface area contributed by atoms with Crippen molar-refractivity contribution in [1.82, 2.24) is 4.98 Å². The molecule has 11 aromatic carbocycles. The Labute approximate surface area is 395 Å². The third kappa shape index (κ3) is 5.55. The minimum atomic E-state index is -0.488. The summed E-state index contributed by atoms with van der Waals surface area (Å²) in [5.41, 5.74) is 20.1. The van der Waals surface area contributed by atoms with Gasteiger partial charge in [-0.15, -0.1) is 0 Å². The number of fused-ring (bicyclic) bond motifs is 12. The smallest absolute Gasteiger partial charge is 0.0754 e. The Kier molecular flexibility index (Phi) is 8.53. The third-order valence-corrected chi connectivity index (χ3v) is 14.7. The topological polar surface area (TPSA) is 16.1 Å². The van der Waals surface area contributed by atoms with Crippen molar-refractivity contribution in [3.8, 4) is 55.8 Å². The molecule has 1 aliphatic heterocycles. The van der Waals surface area contributed by atoms with E-state index >= 15 is 0 Å². The van der Waals surface area contributed by atoms with E-state index in [1.807, 2.05) is 0 Å². The lowest BCUT2D eigenvalue weighted by molar-refractivity contribution is 0.753. The molecule has 2 aliphatic rings. The van der Waals surface area contributed by atoms with Crippen LogP contribution in [0.25, 0.3) is 88.1 Å². The summed E-state index contributed by atoms with van der Waals surface area (Å²) in [5.74, 6) is 0. The van der Waals surface area contributed by atoms with Gasteiger partial charge < -0.3 is 4.90 Å². The van der Waals surface area contributed by atoms with Crippen LogP contribution in [0.1, 0.15) is 22.3 Å². The van der Waals surface area contributed by atoms with Crippen molar-refractivity contribution in [3.05, 3.63) is 277 Å². The molecule has 0 saturated carbocycles. The van der Waals surface area contributed by atoms with E-state index in [2.05, 4.69) is 260 Å². The van der Waals surface area contributed by atoms with Gasteiger partial charge in [0, 0.05) is 23.0 Å². The average molecular weight is 863 g/mol.